The molecule has 0 spiro atoms. The first kappa shape index (κ1) is 19.1. The number of halogens is 1. The van der Waals surface area contributed by atoms with Gasteiger partial charge in [0.2, 0.25) is 10.0 Å². The van der Waals surface area contributed by atoms with Gasteiger partial charge in [0.05, 0.1) is 18.5 Å². The van der Waals surface area contributed by atoms with Gasteiger partial charge in [-0.15, -0.1) is 0 Å². The minimum atomic E-state index is -3.31. The van der Waals surface area contributed by atoms with E-state index >= 15 is 0 Å². The highest BCUT2D eigenvalue weighted by atomic mass is 32.2. The zero-order valence-corrected chi connectivity index (χ0v) is 14.9. The molecule has 0 radical (unpaired) electrons. The molecule has 1 heterocycles. The van der Waals surface area contributed by atoms with Crippen molar-refractivity contribution in [1.29, 1.82) is 0 Å². The molecule has 1 aromatic rings. The Labute approximate surface area is 142 Å². The highest BCUT2D eigenvalue weighted by molar-refractivity contribution is 7.89. The molecule has 1 aliphatic heterocycles. The topological polar surface area (TPSA) is 70.1 Å². The molecule has 0 amide bonds. The van der Waals surface area contributed by atoms with Crippen LogP contribution in [0.15, 0.2) is 24.3 Å². The van der Waals surface area contributed by atoms with Crippen molar-refractivity contribution in [3.63, 3.8) is 0 Å². The van der Waals surface area contributed by atoms with Gasteiger partial charge in [-0.25, -0.2) is 17.1 Å². The molecule has 6 nitrogen and oxygen atoms in total. The van der Waals surface area contributed by atoms with Crippen molar-refractivity contribution in [3.8, 4) is 5.75 Å². The monoisotopic (exact) mass is 360 g/mol. The Morgan fingerprint density at radius 2 is 1.96 bits per heavy atom. The number of likely N-dealkylation sites (tertiary alicyclic amines) is 1. The maximum Gasteiger partial charge on any atom is 0.214 e. The van der Waals surface area contributed by atoms with Crippen molar-refractivity contribution in [2.24, 2.45) is 5.92 Å². The first-order chi connectivity index (χ1) is 11.3. The molecular weight excluding hydrogens is 335 g/mol. The summed E-state index contributed by atoms with van der Waals surface area (Å²) in [5.41, 5.74) is 0. The van der Waals surface area contributed by atoms with Gasteiger partial charge in [-0.1, -0.05) is 0 Å². The summed E-state index contributed by atoms with van der Waals surface area (Å²) in [6.07, 6.45) is 0.120. The van der Waals surface area contributed by atoms with Crippen LogP contribution in [0.4, 0.5) is 4.39 Å². The predicted octanol–water partition coefficient (Wildman–Crippen LogP) is 0.779. The molecule has 0 aromatic heterocycles. The number of ether oxygens (including phenoxy) is 1. The summed E-state index contributed by atoms with van der Waals surface area (Å²) in [5.74, 6) is 0.0133. The Hall–Kier alpha value is -1.22. The number of sulfonamides is 1. The summed E-state index contributed by atoms with van der Waals surface area (Å²) < 4.78 is 43.4. The van der Waals surface area contributed by atoms with Crippen LogP contribution in [0.25, 0.3) is 0 Å². The molecule has 2 rings (SSSR count). The van der Waals surface area contributed by atoms with Gasteiger partial charge in [0, 0.05) is 39.6 Å². The van der Waals surface area contributed by atoms with Crippen LogP contribution in [0.3, 0.4) is 0 Å². The van der Waals surface area contributed by atoms with Crippen LogP contribution in [0.5, 0.6) is 5.75 Å². The fourth-order valence-corrected chi connectivity index (χ4v) is 3.88. The van der Waals surface area contributed by atoms with E-state index in [0.29, 0.717) is 25.4 Å². The highest BCUT2D eigenvalue weighted by Gasteiger charge is 2.34. The summed E-state index contributed by atoms with van der Waals surface area (Å²) in [4.78, 5) is 2.05. The van der Waals surface area contributed by atoms with E-state index in [0.717, 1.165) is 13.0 Å². The normalized spacial score (nSPS) is 22.2. The van der Waals surface area contributed by atoms with Crippen LogP contribution in [-0.2, 0) is 10.0 Å². The third-order valence-corrected chi connectivity index (χ3v) is 6.13. The molecule has 1 saturated heterocycles. The van der Waals surface area contributed by atoms with Crippen LogP contribution in [0.2, 0.25) is 0 Å². The predicted molar refractivity (Wildman–Crippen MR) is 89.9 cm³/mol. The molecular formula is C16H25FN2O4S. The Balaban J connectivity index is 1.72. The van der Waals surface area contributed by atoms with Gasteiger partial charge in [0.15, 0.2) is 0 Å². The number of nitrogens with zero attached hydrogens (tertiary/aromatic N) is 2. The summed E-state index contributed by atoms with van der Waals surface area (Å²) >= 11 is 0. The molecule has 8 heteroatoms. The Morgan fingerprint density at radius 1 is 1.29 bits per heavy atom. The van der Waals surface area contributed by atoms with Gasteiger partial charge in [0.1, 0.15) is 11.6 Å². The summed E-state index contributed by atoms with van der Waals surface area (Å²) in [6, 6.07) is 5.86. The third kappa shape index (κ3) is 5.41. The lowest BCUT2D eigenvalue weighted by molar-refractivity contribution is 0.147. The van der Waals surface area contributed by atoms with Crippen molar-refractivity contribution >= 4 is 10.0 Å². The van der Waals surface area contributed by atoms with Crippen LogP contribution in [0, 0.1) is 11.7 Å². The van der Waals surface area contributed by atoms with Crippen LogP contribution < -0.4 is 4.74 Å². The second kappa shape index (κ2) is 8.24. The van der Waals surface area contributed by atoms with Crippen molar-refractivity contribution in [1.82, 2.24) is 9.21 Å². The maximum absolute atomic E-state index is 12.8. The number of rotatable bonds is 8. The van der Waals surface area contributed by atoms with Gasteiger partial charge in [-0.2, -0.15) is 0 Å². The van der Waals surface area contributed by atoms with E-state index in [1.807, 2.05) is 0 Å². The van der Waals surface area contributed by atoms with Gasteiger partial charge in [-0.3, -0.25) is 0 Å². The van der Waals surface area contributed by atoms with Gasteiger partial charge in [0.25, 0.3) is 0 Å². The average Bonchev–Trinajstić information content (AvgIpc) is 2.85. The van der Waals surface area contributed by atoms with Crippen molar-refractivity contribution in [2.75, 3.05) is 46.1 Å². The van der Waals surface area contributed by atoms with E-state index in [-0.39, 0.29) is 17.5 Å². The van der Waals surface area contributed by atoms with E-state index in [1.54, 1.807) is 12.1 Å². The van der Waals surface area contributed by atoms with Gasteiger partial charge < -0.3 is 14.7 Å². The zero-order chi connectivity index (χ0) is 17.7. The number of β-amino-alcohol motifs (C(OH)–C–C–N with tert-alkyl or cyclic N) is 1. The SMILES string of the molecule is CN(C)S(=O)(=O)C[C@@H]1CN(CCCOc2ccc(F)cc2)C[C@H]1O. The van der Waals surface area contributed by atoms with E-state index in [2.05, 4.69) is 4.90 Å². The molecule has 1 aromatic carbocycles. The lowest BCUT2D eigenvalue weighted by Crippen LogP contribution is -2.33. The number of hydrogen-bond donors (Lipinski definition) is 1. The molecule has 0 saturated carbocycles. The van der Waals surface area contributed by atoms with E-state index in [9.17, 15) is 17.9 Å². The lowest BCUT2D eigenvalue weighted by Gasteiger charge is -2.18. The minimum Gasteiger partial charge on any atom is -0.494 e. The van der Waals surface area contributed by atoms with Crippen LogP contribution in [0.1, 0.15) is 6.42 Å². The maximum atomic E-state index is 12.8. The standard InChI is InChI=1S/C16H25FN2O4S/c1-18(2)24(21,22)12-13-10-19(11-16(13)20)8-3-9-23-15-6-4-14(17)5-7-15/h4-7,13,16,20H,3,8-12H2,1-2H3/t13-,16+/m0/s1. The fraction of sp³-hybridized carbons (Fsp3) is 0.625. The molecule has 0 unspecified atom stereocenters. The quantitative estimate of drug-likeness (QED) is 0.694. The van der Waals surface area contributed by atoms with E-state index in [4.69, 9.17) is 4.74 Å². The fourth-order valence-electron chi connectivity index (χ4n) is 2.72. The smallest absolute Gasteiger partial charge is 0.214 e. The number of aliphatic hydroxyl groups is 1. The molecule has 24 heavy (non-hydrogen) atoms. The summed E-state index contributed by atoms with van der Waals surface area (Å²) in [6.45, 7) is 2.24. The zero-order valence-electron chi connectivity index (χ0n) is 14.1. The molecule has 2 atom stereocenters. The Kier molecular flexibility index (Phi) is 6.56. The van der Waals surface area contributed by atoms with Gasteiger partial charge in [-0.05, 0) is 30.7 Å². The van der Waals surface area contributed by atoms with Crippen molar-refractivity contribution < 1.29 is 22.7 Å². The molecule has 0 bridgehead atoms. The average molecular weight is 360 g/mol. The minimum absolute atomic E-state index is 0.0380. The van der Waals surface area contributed by atoms with Crippen LogP contribution in [-0.4, -0.2) is 74.9 Å². The number of aliphatic hydroxyl groups excluding tert-OH is 1. The number of benzene rings is 1. The van der Waals surface area contributed by atoms with Crippen molar-refractivity contribution in [3.05, 3.63) is 30.1 Å². The summed E-state index contributed by atoms with van der Waals surface area (Å²) in [5, 5.41) is 10.1. The lowest BCUT2D eigenvalue weighted by atomic mass is 10.1. The van der Waals surface area contributed by atoms with Gasteiger partial charge >= 0.3 is 0 Å². The molecule has 0 aliphatic carbocycles. The van der Waals surface area contributed by atoms with E-state index in [1.165, 1.54) is 30.5 Å². The molecule has 1 N–H and O–H groups in total. The summed E-state index contributed by atoms with van der Waals surface area (Å²) in [7, 11) is -0.309. The number of hydrogen-bond acceptors (Lipinski definition) is 5. The molecule has 1 aliphatic rings. The first-order valence-electron chi connectivity index (χ1n) is 7.97. The Morgan fingerprint density at radius 3 is 2.58 bits per heavy atom. The first-order valence-corrected chi connectivity index (χ1v) is 9.58. The molecule has 136 valence electrons. The second-order valence-electron chi connectivity index (χ2n) is 6.30. The Bertz CT molecular complexity index is 621. The van der Waals surface area contributed by atoms with E-state index < -0.39 is 16.1 Å². The largest absolute Gasteiger partial charge is 0.494 e. The third-order valence-electron chi connectivity index (χ3n) is 4.16. The second-order valence-corrected chi connectivity index (χ2v) is 8.53. The van der Waals surface area contributed by atoms with Crippen molar-refractivity contribution in [2.45, 2.75) is 12.5 Å². The highest BCUT2D eigenvalue weighted by Crippen LogP contribution is 2.20. The van der Waals surface area contributed by atoms with Crippen LogP contribution >= 0.6 is 0 Å². The molecule has 1 fully saturated rings.